The maximum absolute atomic E-state index is 5.77. The second-order valence-electron chi connectivity index (χ2n) is 4.87. The third kappa shape index (κ3) is 4.71. The minimum Gasteiger partial charge on any atom is -0.377 e. The van der Waals surface area contributed by atoms with E-state index >= 15 is 0 Å². The van der Waals surface area contributed by atoms with E-state index in [1.807, 2.05) is 0 Å². The lowest BCUT2D eigenvalue weighted by atomic mass is 10.0. The van der Waals surface area contributed by atoms with Gasteiger partial charge in [-0.2, -0.15) is 0 Å². The molecule has 1 rings (SSSR count). The summed E-state index contributed by atoms with van der Waals surface area (Å²) in [4.78, 5) is 0. The Labute approximate surface area is 119 Å². The molecule has 0 radical (unpaired) electrons. The van der Waals surface area contributed by atoms with Crippen LogP contribution in [0.1, 0.15) is 44.4 Å². The van der Waals surface area contributed by atoms with Crippen molar-refractivity contribution in [1.29, 1.82) is 0 Å². The summed E-state index contributed by atoms with van der Waals surface area (Å²) in [5.41, 5.74) is 2.55. The van der Waals surface area contributed by atoms with Gasteiger partial charge in [0.05, 0.1) is 18.8 Å². The van der Waals surface area contributed by atoms with E-state index in [0.717, 1.165) is 13.0 Å². The van der Waals surface area contributed by atoms with Crippen LogP contribution in [0.25, 0.3) is 0 Å². The van der Waals surface area contributed by atoms with Gasteiger partial charge in [0, 0.05) is 4.47 Å². The smallest absolute Gasteiger partial charge is 0.0665 e. The molecule has 1 N–H and O–H groups in total. The highest BCUT2D eigenvalue weighted by atomic mass is 79.9. The van der Waals surface area contributed by atoms with Crippen molar-refractivity contribution in [1.82, 2.24) is 5.32 Å². The van der Waals surface area contributed by atoms with Crippen molar-refractivity contribution >= 4 is 15.9 Å². The maximum atomic E-state index is 5.77. The van der Waals surface area contributed by atoms with E-state index in [1.165, 1.54) is 15.6 Å². The quantitative estimate of drug-likeness (QED) is 0.813. The van der Waals surface area contributed by atoms with E-state index in [2.05, 4.69) is 67.1 Å². The molecule has 1 aromatic carbocycles. The number of halogens is 1. The lowest BCUT2D eigenvalue weighted by molar-refractivity contribution is 0.0610. The fourth-order valence-electron chi connectivity index (χ4n) is 1.81. The van der Waals surface area contributed by atoms with Gasteiger partial charge in [0.15, 0.2) is 0 Å². The monoisotopic (exact) mass is 313 g/mol. The van der Waals surface area contributed by atoms with E-state index < -0.39 is 0 Å². The number of hydrogen-bond acceptors (Lipinski definition) is 2. The van der Waals surface area contributed by atoms with Crippen LogP contribution < -0.4 is 5.32 Å². The summed E-state index contributed by atoms with van der Waals surface area (Å²) in [7, 11) is 0. The van der Waals surface area contributed by atoms with E-state index in [1.54, 1.807) is 0 Å². The molecule has 18 heavy (non-hydrogen) atoms. The molecule has 1 atom stereocenters. The van der Waals surface area contributed by atoms with Gasteiger partial charge in [0.2, 0.25) is 0 Å². The first kappa shape index (κ1) is 15.7. The summed E-state index contributed by atoms with van der Waals surface area (Å²) in [6.45, 7) is 10.2. The number of ether oxygens (including phenoxy) is 1. The van der Waals surface area contributed by atoms with E-state index in [-0.39, 0.29) is 12.1 Å². The van der Waals surface area contributed by atoms with Crippen LogP contribution in [0.15, 0.2) is 22.7 Å². The second kappa shape index (κ2) is 7.93. The van der Waals surface area contributed by atoms with Crippen LogP contribution in [-0.2, 0) is 4.74 Å². The predicted octanol–water partition coefficient (Wildman–Crippen LogP) is 4.22. The molecule has 0 amide bonds. The van der Waals surface area contributed by atoms with Gasteiger partial charge in [-0.3, -0.25) is 0 Å². The molecule has 0 aromatic heterocycles. The third-order valence-corrected chi connectivity index (χ3v) is 3.92. The van der Waals surface area contributed by atoms with Gasteiger partial charge in [-0.25, -0.2) is 0 Å². The summed E-state index contributed by atoms with van der Waals surface area (Å²) in [5, 5.41) is 3.55. The van der Waals surface area contributed by atoms with Gasteiger partial charge in [-0.05, 0) is 44.9 Å². The Bertz CT molecular complexity index is 366. The van der Waals surface area contributed by atoms with Crippen molar-refractivity contribution in [3.05, 3.63) is 33.8 Å². The highest BCUT2D eigenvalue weighted by molar-refractivity contribution is 9.10. The van der Waals surface area contributed by atoms with Crippen molar-refractivity contribution in [3.63, 3.8) is 0 Å². The molecule has 0 bridgehead atoms. The molecule has 0 aliphatic heterocycles. The number of hydrogen-bond donors (Lipinski definition) is 1. The lowest BCUT2D eigenvalue weighted by Crippen LogP contribution is -2.28. The van der Waals surface area contributed by atoms with Crippen molar-refractivity contribution in [3.8, 4) is 0 Å². The first-order valence-electron chi connectivity index (χ1n) is 6.66. The minimum absolute atomic E-state index is 0.252. The molecule has 0 saturated carbocycles. The predicted molar refractivity (Wildman–Crippen MR) is 81.0 cm³/mol. The number of aryl methyl sites for hydroxylation is 1. The molecule has 102 valence electrons. The Morgan fingerprint density at radius 1 is 1.33 bits per heavy atom. The molecule has 0 spiro atoms. The fourth-order valence-corrected chi connectivity index (χ4v) is 2.35. The Kier molecular flexibility index (Phi) is 6.90. The van der Waals surface area contributed by atoms with Crippen molar-refractivity contribution in [2.45, 2.75) is 46.3 Å². The van der Waals surface area contributed by atoms with E-state index in [4.69, 9.17) is 4.74 Å². The summed E-state index contributed by atoms with van der Waals surface area (Å²) in [5.74, 6) is 0. The molecular formula is C15H24BrNO. The van der Waals surface area contributed by atoms with Gasteiger partial charge in [0.25, 0.3) is 0 Å². The molecule has 1 aromatic rings. The van der Waals surface area contributed by atoms with Crippen molar-refractivity contribution in [2.75, 3.05) is 13.2 Å². The van der Waals surface area contributed by atoms with Crippen LogP contribution >= 0.6 is 15.9 Å². The van der Waals surface area contributed by atoms with Crippen LogP contribution in [0.2, 0.25) is 0 Å². The standard InChI is InChI=1S/C15H24BrNO/c1-5-9-17-14(10-18-11(2)3)13-8-6-7-12(4)15(13)16/h6-8,11,14,17H,5,9-10H2,1-4H3. The van der Waals surface area contributed by atoms with Gasteiger partial charge < -0.3 is 10.1 Å². The number of benzene rings is 1. The largest absolute Gasteiger partial charge is 0.377 e. The van der Waals surface area contributed by atoms with Gasteiger partial charge in [-0.15, -0.1) is 0 Å². The average molecular weight is 314 g/mol. The SMILES string of the molecule is CCCNC(COC(C)C)c1cccc(C)c1Br. The van der Waals surface area contributed by atoms with Crippen LogP contribution in [0.4, 0.5) is 0 Å². The Morgan fingerprint density at radius 2 is 2.06 bits per heavy atom. The highest BCUT2D eigenvalue weighted by Crippen LogP contribution is 2.27. The van der Waals surface area contributed by atoms with E-state index in [0.29, 0.717) is 6.61 Å². The summed E-state index contributed by atoms with van der Waals surface area (Å²) in [6, 6.07) is 6.63. The second-order valence-corrected chi connectivity index (χ2v) is 5.66. The first-order valence-corrected chi connectivity index (χ1v) is 7.45. The van der Waals surface area contributed by atoms with E-state index in [9.17, 15) is 0 Å². The molecule has 0 fully saturated rings. The third-order valence-electron chi connectivity index (χ3n) is 2.83. The topological polar surface area (TPSA) is 21.3 Å². The fraction of sp³-hybridized carbons (Fsp3) is 0.600. The van der Waals surface area contributed by atoms with Gasteiger partial charge >= 0.3 is 0 Å². The zero-order valence-corrected chi connectivity index (χ0v) is 13.4. The summed E-state index contributed by atoms with van der Waals surface area (Å²) >= 11 is 3.68. The van der Waals surface area contributed by atoms with Crippen molar-refractivity contribution < 1.29 is 4.74 Å². The van der Waals surface area contributed by atoms with Crippen molar-refractivity contribution in [2.24, 2.45) is 0 Å². The van der Waals surface area contributed by atoms with Crippen LogP contribution in [0.3, 0.4) is 0 Å². The van der Waals surface area contributed by atoms with Gasteiger partial charge in [0.1, 0.15) is 0 Å². The minimum atomic E-state index is 0.252. The molecular weight excluding hydrogens is 290 g/mol. The Balaban J connectivity index is 2.83. The maximum Gasteiger partial charge on any atom is 0.0665 e. The normalized spacial score (nSPS) is 13.0. The Hall–Kier alpha value is -0.380. The zero-order valence-electron chi connectivity index (χ0n) is 11.8. The van der Waals surface area contributed by atoms with Crippen LogP contribution in [0.5, 0.6) is 0 Å². The molecule has 0 aliphatic rings. The Morgan fingerprint density at radius 3 is 2.67 bits per heavy atom. The average Bonchev–Trinajstić information content (AvgIpc) is 2.33. The highest BCUT2D eigenvalue weighted by Gasteiger charge is 2.15. The molecule has 3 heteroatoms. The molecule has 0 aliphatic carbocycles. The zero-order chi connectivity index (χ0) is 13.5. The van der Waals surface area contributed by atoms with Gasteiger partial charge in [-0.1, -0.05) is 41.1 Å². The first-order chi connectivity index (χ1) is 8.56. The molecule has 1 unspecified atom stereocenters. The molecule has 0 saturated heterocycles. The number of rotatable bonds is 7. The number of nitrogens with one attached hydrogen (secondary N) is 1. The summed E-state index contributed by atoms with van der Waals surface area (Å²) in [6.07, 6.45) is 1.39. The van der Waals surface area contributed by atoms with Crippen LogP contribution in [0, 0.1) is 6.92 Å². The molecule has 0 heterocycles. The molecule has 2 nitrogen and oxygen atoms in total. The lowest BCUT2D eigenvalue weighted by Gasteiger charge is -2.22. The summed E-state index contributed by atoms with van der Waals surface area (Å²) < 4.78 is 6.95. The van der Waals surface area contributed by atoms with Crippen LogP contribution in [-0.4, -0.2) is 19.3 Å².